The Balaban J connectivity index is 1.66. The number of amides is 2. The fourth-order valence-corrected chi connectivity index (χ4v) is 7.81. The average molecular weight is 683 g/mol. The molecule has 0 aliphatic carbocycles. The molecule has 0 radical (unpaired) electrons. The van der Waals surface area contributed by atoms with E-state index in [4.69, 9.17) is 17.3 Å². The lowest BCUT2D eigenvalue weighted by atomic mass is 9.92. The summed E-state index contributed by atoms with van der Waals surface area (Å²) in [6, 6.07) is 5.90. The van der Waals surface area contributed by atoms with Crippen LogP contribution in [0.15, 0.2) is 47.9 Å². The van der Waals surface area contributed by atoms with Crippen LogP contribution in [0.4, 0.5) is 21.6 Å². The van der Waals surface area contributed by atoms with Gasteiger partial charge in [-0.05, 0) is 62.1 Å². The van der Waals surface area contributed by atoms with E-state index in [1.165, 1.54) is 22.6 Å². The highest BCUT2D eigenvalue weighted by atomic mass is 35.5. The van der Waals surface area contributed by atoms with E-state index in [1.807, 2.05) is 51.7 Å². The summed E-state index contributed by atoms with van der Waals surface area (Å²) < 4.78 is 19.3. The highest BCUT2D eigenvalue weighted by Gasteiger charge is 2.46. The molecule has 5 aromatic rings. The number of halogens is 2. The number of pyridine rings is 2. The second kappa shape index (κ2) is 11.4. The number of fused-ring (bicyclic) bond motifs is 6. The number of rotatable bonds is 4. The van der Waals surface area contributed by atoms with Crippen molar-refractivity contribution >= 4 is 62.4 Å². The SMILES string of the molecule is C=CC(=O)N1CC2C(=O)N(C)c3c(c4cc(Cl)c(-c5c(C)ccc6[nH]nc(N)c56)c(F)c4n(-c4c(C)ccnc4C(C)C)c3=O)N2CC1C. The van der Waals surface area contributed by atoms with Crippen LogP contribution in [0.5, 0.6) is 0 Å². The summed E-state index contributed by atoms with van der Waals surface area (Å²) in [7, 11) is 1.53. The maximum absolute atomic E-state index is 17.9. The lowest BCUT2D eigenvalue weighted by Crippen LogP contribution is -2.66. The van der Waals surface area contributed by atoms with Crippen molar-refractivity contribution in [3.8, 4) is 16.8 Å². The number of nitrogen functional groups attached to an aromatic ring is 1. The minimum atomic E-state index is -0.828. The van der Waals surface area contributed by atoms with E-state index in [-0.39, 0.29) is 64.5 Å². The first-order chi connectivity index (χ1) is 23.3. The Morgan fingerprint density at radius 1 is 1.12 bits per heavy atom. The molecule has 1 saturated heterocycles. The van der Waals surface area contributed by atoms with Gasteiger partial charge in [-0.15, -0.1) is 0 Å². The maximum Gasteiger partial charge on any atom is 0.281 e. The molecular weight excluding hydrogens is 647 g/mol. The molecule has 0 bridgehead atoms. The summed E-state index contributed by atoms with van der Waals surface area (Å²) >= 11 is 7.11. The van der Waals surface area contributed by atoms with Crippen LogP contribution >= 0.6 is 11.6 Å². The lowest BCUT2D eigenvalue weighted by Gasteiger charge is -2.50. The number of nitrogens with zero attached hydrogens (tertiary/aromatic N) is 6. The van der Waals surface area contributed by atoms with E-state index in [1.54, 1.807) is 23.2 Å². The Labute approximate surface area is 286 Å². The molecule has 0 saturated carbocycles. The highest BCUT2D eigenvalue weighted by molar-refractivity contribution is 6.35. The van der Waals surface area contributed by atoms with Crippen molar-refractivity contribution in [1.82, 2.24) is 24.6 Å². The van der Waals surface area contributed by atoms with Crippen LogP contribution in [-0.2, 0) is 9.59 Å². The van der Waals surface area contributed by atoms with Gasteiger partial charge in [-0.3, -0.25) is 29.0 Å². The third kappa shape index (κ3) is 4.57. The Kier molecular flexibility index (Phi) is 7.55. The quantitative estimate of drug-likeness (QED) is 0.235. The molecule has 2 unspecified atom stereocenters. The van der Waals surface area contributed by atoms with Crippen LogP contribution in [0.2, 0.25) is 5.02 Å². The van der Waals surface area contributed by atoms with E-state index in [9.17, 15) is 9.59 Å². The van der Waals surface area contributed by atoms with Crippen LogP contribution in [0, 0.1) is 19.7 Å². The largest absolute Gasteiger partial charge is 0.382 e. The Bertz CT molecular complexity index is 2330. The van der Waals surface area contributed by atoms with Gasteiger partial charge in [0.15, 0.2) is 11.6 Å². The number of H-pyrrole nitrogens is 1. The van der Waals surface area contributed by atoms with E-state index >= 15 is 9.18 Å². The normalized spacial score (nSPS) is 17.7. The van der Waals surface area contributed by atoms with Gasteiger partial charge in [0.25, 0.3) is 11.5 Å². The van der Waals surface area contributed by atoms with Gasteiger partial charge in [-0.2, -0.15) is 5.10 Å². The van der Waals surface area contributed by atoms with E-state index in [0.717, 1.165) is 0 Å². The lowest BCUT2D eigenvalue weighted by molar-refractivity contribution is -0.130. The summed E-state index contributed by atoms with van der Waals surface area (Å²) in [4.78, 5) is 51.2. The molecule has 49 heavy (non-hydrogen) atoms. The molecule has 11 nitrogen and oxygen atoms in total. The number of aryl methyl sites for hydroxylation is 2. The van der Waals surface area contributed by atoms with E-state index < -0.39 is 17.4 Å². The van der Waals surface area contributed by atoms with Gasteiger partial charge in [0.2, 0.25) is 5.91 Å². The number of hydrogen-bond donors (Lipinski definition) is 2. The highest BCUT2D eigenvalue weighted by Crippen LogP contribution is 2.48. The second-order valence-corrected chi connectivity index (χ2v) is 13.6. The Morgan fingerprint density at radius 3 is 2.55 bits per heavy atom. The van der Waals surface area contributed by atoms with Crippen LogP contribution < -0.4 is 21.1 Å². The van der Waals surface area contributed by atoms with Gasteiger partial charge in [0.1, 0.15) is 11.7 Å². The third-order valence-electron chi connectivity index (χ3n) is 9.88. The van der Waals surface area contributed by atoms with Gasteiger partial charge in [0, 0.05) is 42.3 Å². The van der Waals surface area contributed by atoms with Gasteiger partial charge < -0.3 is 20.4 Å². The smallest absolute Gasteiger partial charge is 0.281 e. The van der Waals surface area contributed by atoms with Crippen molar-refractivity contribution in [3.63, 3.8) is 0 Å². The average Bonchev–Trinajstić information content (AvgIpc) is 3.44. The van der Waals surface area contributed by atoms with Gasteiger partial charge in [0.05, 0.1) is 45.1 Å². The standard InChI is InChI=1S/C36H36ClFN8O3/c1-8-24(47)44-15-23-35(48)43(7)33-32(45(23)14-19(44)6)20-13-21(37)26(25-17(4)9-10-22-27(25)34(39)42-41-22)28(38)31(20)46(36(33)49)30-18(5)11-12-40-29(30)16(2)3/h8-13,16,19,23H,1,14-15H2,2-7H3,(H3,39,41,42). The minimum absolute atomic E-state index is 0.0154. The van der Waals surface area contributed by atoms with E-state index in [2.05, 4.69) is 21.8 Å². The zero-order valence-electron chi connectivity index (χ0n) is 28.1. The first-order valence-electron chi connectivity index (χ1n) is 16.1. The molecule has 0 spiro atoms. The summed E-state index contributed by atoms with van der Waals surface area (Å²) in [6.45, 7) is 13.3. The van der Waals surface area contributed by atoms with Crippen molar-refractivity contribution in [1.29, 1.82) is 0 Å². The van der Waals surface area contributed by atoms with Crippen molar-refractivity contribution in [2.45, 2.75) is 52.6 Å². The number of hydrogen-bond acceptors (Lipinski definition) is 7. The zero-order chi connectivity index (χ0) is 35.2. The minimum Gasteiger partial charge on any atom is -0.382 e. The first-order valence-corrected chi connectivity index (χ1v) is 16.4. The van der Waals surface area contributed by atoms with Gasteiger partial charge in [-0.25, -0.2) is 4.39 Å². The number of carbonyl (C=O) groups is 2. The molecule has 3 aromatic heterocycles. The van der Waals surface area contributed by atoms with Crippen molar-refractivity contribution in [3.05, 3.63) is 81.1 Å². The number of piperazine rings is 1. The number of nitrogens with one attached hydrogen (secondary N) is 1. The van der Waals surface area contributed by atoms with Crippen LogP contribution in [-0.4, -0.2) is 68.7 Å². The Morgan fingerprint density at radius 2 is 1.86 bits per heavy atom. The molecular formula is C36H36ClFN8O3. The third-order valence-corrected chi connectivity index (χ3v) is 10.2. The molecule has 3 N–H and O–H groups in total. The molecule has 5 heterocycles. The van der Waals surface area contributed by atoms with Crippen LogP contribution in [0.3, 0.4) is 0 Å². The van der Waals surface area contributed by atoms with Crippen LogP contribution in [0.25, 0.3) is 38.6 Å². The summed E-state index contributed by atoms with van der Waals surface area (Å²) in [5, 5.41) is 7.99. The molecule has 2 amide bonds. The summed E-state index contributed by atoms with van der Waals surface area (Å²) in [5.41, 5.74) is 9.71. The summed E-state index contributed by atoms with van der Waals surface area (Å²) in [5.74, 6) is -1.35. The first kappa shape index (κ1) is 32.3. The van der Waals surface area contributed by atoms with Crippen molar-refractivity contribution < 1.29 is 14.0 Å². The number of anilines is 3. The number of benzene rings is 2. The number of likely N-dealkylation sites (N-methyl/N-ethyl adjacent to an activating group) is 1. The predicted molar refractivity (Wildman–Crippen MR) is 191 cm³/mol. The van der Waals surface area contributed by atoms with Gasteiger partial charge in [-0.1, -0.05) is 38.1 Å². The van der Waals surface area contributed by atoms with Gasteiger partial charge >= 0.3 is 0 Å². The molecule has 2 aliphatic rings. The fraction of sp³-hybridized carbons (Fsp3) is 0.306. The second-order valence-electron chi connectivity index (χ2n) is 13.2. The Hall–Kier alpha value is -5.23. The summed E-state index contributed by atoms with van der Waals surface area (Å²) in [6.07, 6.45) is 2.88. The molecule has 13 heteroatoms. The van der Waals surface area contributed by atoms with Crippen molar-refractivity contribution in [2.75, 3.05) is 35.7 Å². The number of nitrogens with two attached hydrogens (primary N) is 1. The monoisotopic (exact) mass is 682 g/mol. The fourth-order valence-electron chi connectivity index (χ4n) is 7.52. The molecule has 2 aromatic carbocycles. The molecule has 252 valence electrons. The molecule has 1 fully saturated rings. The van der Waals surface area contributed by atoms with Crippen LogP contribution in [0.1, 0.15) is 43.5 Å². The predicted octanol–water partition coefficient (Wildman–Crippen LogP) is 5.61. The molecule has 2 aliphatic heterocycles. The number of carbonyl (C=O) groups excluding carboxylic acids is 2. The van der Waals surface area contributed by atoms with Crippen molar-refractivity contribution in [2.24, 2.45) is 0 Å². The number of aromatic amines is 1. The molecule has 2 atom stereocenters. The van der Waals surface area contributed by atoms with E-state index in [0.29, 0.717) is 50.0 Å². The number of aromatic nitrogens is 4. The topological polar surface area (TPSA) is 133 Å². The molecule has 7 rings (SSSR count). The zero-order valence-corrected chi connectivity index (χ0v) is 28.8. The maximum atomic E-state index is 17.9.